The van der Waals surface area contributed by atoms with Gasteiger partial charge in [0.1, 0.15) is 5.76 Å². The van der Waals surface area contributed by atoms with Gasteiger partial charge in [0, 0.05) is 18.4 Å². The van der Waals surface area contributed by atoms with Crippen LogP contribution in [0.3, 0.4) is 0 Å². The fraction of sp³-hybridized carbons (Fsp3) is 0.333. The molecule has 1 aromatic heterocycles. The van der Waals surface area contributed by atoms with Crippen LogP contribution in [0.1, 0.15) is 18.2 Å². The van der Waals surface area contributed by atoms with Gasteiger partial charge >= 0.3 is 0 Å². The van der Waals surface area contributed by atoms with E-state index >= 15 is 0 Å². The lowest BCUT2D eigenvalue weighted by molar-refractivity contribution is 0.174. The Hall–Kier alpha value is -1.94. The topological polar surface area (TPSA) is 57.6 Å². The van der Waals surface area contributed by atoms with Crippen LogP contribution in [0.25, 0.3) is 0 Å². The summed E-state index contributed by atoms with van der Waals surface area (Å²) >= 11 is 0. The normalized spacial score (nSPS) is 16.3. The molecule has 2 aromatic rings. The highest BCUT2D eigenvalue weighted by atomic mass is 16.7. The minimum Gasteiger partial charge on any atom is -0.469 e. The van der Waals surface area contributed by atoms with Crippen molar-refractivity contribution in [1.29, 1.82) is 0 Å². The lowest BCUT2D eigenvalue weighted by Crippen LogP contribution is -2.34. The van der Waals surface area contributed by atoms with Crippen molar-refractivity contribution in [3.05, 3.63) is 47.9 Å². The van der Waals surface area contributed by atoms with E-state index in [-0.39, 0.29) is 12.2 Å². The summed E-state index contributed by atoms with van der Waals surface area (Å²) in [6.45, 7) is 2.96. The van der Waals surface area contributed by atoms with Crippen LogP contribution >= 0.6 is 0 Å². The monoisotopic (exact) mass is 259 g/mol. The Kier molecular flexibility index (Phi) is 2.95. The van der Waals surface area contributed by atoms with Crippen LogP contribution in [0.2, 0.25) is 0 Å². The molecule has 1 atom stereocenters. The molecule has 4 heteroatoms. The molecule has 100 valence electrons. The van der Waals surface area contributed by atoms with Crippen LogP contribution in [0.4, 0.5) is 0 Å². The van der Waals surface area contributed by atoms with Gasteiger partial charge in [-0.15, -0.1) is 0 Å². The zero-order valence-corrected chi connectivity index (χ0v) is 10.9. The van der Waals surface area contributed by atoms with Crippen LogP contribution in [0, 0.1) is 0 Å². The summed E-state index contributed by atoms with van der Waals surface area (Å²) in [5.74, 6) is 2.52. The van der Waals surface area contributed by atoms with Crippen molar-refractivity contribution in [2.24, 2.45) is 5.73 Å². The Morgan fingerprint density at radius 3 is 2.79 bits per heavy atom. The Labute approximate surface area is 112 Å². The molecule has 0 amide bonds. The SMILES string of the molecule is CC(CN)(Cc1ccco1)c1ccc2c(c1)OCO2. The molecule has 1 unspecified atom stereocenters. The van der Waals surface area contributed by atoms with Gasteiger partial charge in [-0.25, -0.2) is 0 Å². The summed E-state index contributed by atoms with van der Waals surface area (Å²) in [5, 5.41) is 0. The predicted octanol–water partition coefficient (Wildman–Crippen LogP) is 2.47. The maximum absolute atomic E-state index is 5.99. The number of fused-ring (bicyclic) bond motifs is 1. The van der Waals surface area contributed by atoms with E-state index in [9.17, 15) is 0 Å². The fourth-order valence-electron chi connectivity index (χ4n) is 2.36. The first-order valence-corrected chi connectivity index (χ1v) is 6.34. The van der Waals surface area contributed by atoms with Gasteiger partial charge in [-0.2, -0.15) is 0 Å². The molecule has 0 bridgehead atoms. The van der Waals surface area contributed by atoms with E-state index in [1.165, 1.54) is 0 Å². The molecule has 0 aliphatic carbocycles. The highest BCUT2D eigenvalue weighted by Gasteiger charge is 2.28. The smallest absolute Gasteiger partial charge is 0.231 e. The first-order chi connectivity index (χ1) is 9.21. The van der Waals surface area contributed by atoms with Gasteiger partial charge in [0.25, 0.3) is 0 Å². The summed E-state index contributed by atoms with van der Waals surface area (Å²) in [6, 6.07) is 9.86. The Balaban J connectivity index is 1.92. The molecule has 0 spiro atoms. The van der Waals surface area contributed by atoms with Crippen molar-refractivity contribution in [2.45, 2.75) is 18.8 Å². The average molecular weight is 259 g/mol. The largest absolute Gasteiger partial charge is 0.469 e. The third kappa shape index (κ3) is 2.19. The number of furan rings is 1. The molecule has 1 aromatic carbocycles. The maximum Gasteiger partial charge on any atom is 0.231 e. The van der Waals surface area contributed by atoms with Gasteiger partial charge in [-0.05, 0) is 29.8 Å². The number of hydrogen-bond donors (Lipinski definition) is 1. The quantitative estimate of drug-likeness (QED) is 0.916. The molecule has 0 radical (unpaired) electrons. The standard InChI is InChI=1S/C15H17NO3/c1-15(9-16,8-12-3-2-6-17-12)11-4-5-13-14(7-11)19-10-18-13/h2-7H,8-10,16H2,1H3. The summed E-state index contributed by atoms with van der Waals surface area (Å²) in [7, 11) is 0. The van der Waals surface area contributed by atoms with Gasteiger partial charge in [-0.1, -0.05) is 13.0 Å². The van der Waals surface area contributed by atoms with E-state index in [2.05, 4.69) is 6.92 Å². The first kappa shape index (κ1) is 12.1. The van der Waals surface area contributed by atoms with Crippen molar-refractivity contribution in [1.82, 2.24) is 0 Å². The Bertz CT molecular complexity index is 565. The minimum atomic E-state index is -0.182. The van der Waals surface area contributed by atoms with Gasteiger partial charge in [0.2, 0.25) is 6.79 Å². The van der Waals surface area contributed by atoms with Crippen LogP contribution in [0.5, 0.6) is 11.5 Å². The van der Waals surface area contributed by atoms with E-state index in [1.807, 2.05) is 30.3 Å². The molecule has 2 N–H and O–H groups in total. The summed E-state index contributed by atoms with van der Waals surface area (Å²) in [5.41, 5.74) is 6.94. The molecule has 0 saturated heterocycles. The first-order valence-electron chi connectivity index (χ1n) is 6.34. The second kappa shape index (κ2) is 4.63. The number of ether oxygens (including phenoxy) is 2. The van der Waals surface area contributed by atoms with E-state index in [4.69, 9.17) is 19.6 Å². The van der Waals surface area contributed by atoms with E-state index in [0.717, 1.165) is 29.2 Å². The zero-order valence-electron chi connectivity index (χ0n) is 10.9. The zero-order chi connectivity index (χ0) is 13.3. The Morgan fingerprint density at radius 2 is 2.05 bits per heavy atom. The molecule has 1 aliphatic heterocycles. The maximum atomic E-state index is 5.99. The molecule has 4 nitrogen and oxygen atoms in total. The average Bonchev–Trinajstić information content (AvgIpc) is 3.08. The Morgan fingerprint density at radius 1 is 1.21 bits per heavy atom. The van der Waals surface area contributed by atoms with Crippen LogP contribution in [0.15, 0.2) is 41.0 Å². The van der Waals surface area contributed by atoms with Crippen molar-refractivity contribution in [2.75, 3.05) is 13.3 Å². The summed E-state index contributed by atoms with van der Waals surface area (Å²) in [4.78, 5) is 0. The van der Waals surface area contributed by atoms with E-state index in [1.54, 1.807) is 6.26 Å². The molecule has 0 saturated carbocycles. The van der Waals surface area contributed by atoms with Gasteiger partial charge < -0.3 is 19.6 Å². The molecule has 19 heavy (non-hydrogen) atoms. The lowest BCUT2D eigenvalue weighted by Gasteiger charge is -2.27. The number of rotatable bonds is 4. The van der Waals surface area contributed by atoms with Crippen molar-refractivity contribution >= 4 is 0 Å². The van der Waals surface area contributed by atoms with Crippen molar-refractivity contribution in [3.8, 4) is 11.5 Å². The molecule has 3 rings (SSSR count). The number of benzene rings is 1. The van der Waals surface area contributed by atoms with Crippen molar-refractivity contribution in [3.63, 3.8) is 0 Å². The van der Waals surface area contributed by atoms with Crippen LogP contribution in [-0.2, 0) is 11.8 Å². The van der Waals surface area contributed by atoms with Crippen LogP contribution < -0.4 is 15.2 Å². The van der Waals surface area contributed by atoms with E-state index in [0.29, 0.717) is 6.54 Å². The van der Waals surface area contributed by atoms with Gasteiger partial charge in [0.15, 0.2) is 11.5 Å². The highest BCUT2D eigenvalue weighted by Crippen LogP contribution is 2.37. The van der Waals surface area contributed by atoms with Gasteiger partial charge in [0.05, 0.1) is 6.26 Å². The summed E-state index contributed by atoms with van der Waals surface area (Å²) < 4.78 is 16.2. The van der Waals surface area contributed by atoms with Gasteiger partial charge in [-0.3, -0.25) is 0 Å². The van der Waals surface area contributed by atoms with Crippen molar-refractivity contribution < 1.29 is 13.9 Å². The second-order valence-electron chi connectivity index (χ2n) is 5.09. The number of hydrogen-bond acceptors (Lipinski definition) is 4. The lowest BCUT2D eigenvalue weighted by atomic mass is 9.78. The predicted molar refractivity (Wildman–Crippen MR) is 71.4 cm³/mol. The highest BCUT2D eigenvalue weighted by molar-refractivity contribution is 5.46. The number of nitrogens with two attached hydrogens (primary N) is 1. The molecular formula is C15H17NO3. The van der Waals surface area contributed by atoms with E-state index < -0.39 is 0 Å². The molecule has 2 heterocycles. The van der Waals surface area contributed by atoms with Crippen LogP contribution in [-0.4, -0.2) is 13.3 Å². The summed E-state index contributed by atoms with van der Waals surface area (Å²) in [6.07, 6.45) is 2.45. The third-order valence-electron chi connectivity index (χ3n) is 3.66. The third-order valence-corrected chi connectivity index (χ3v) is 3.66. The minimum absolute atomic E-state index is 0.182. The molecule has 1 aliphatic rings. The fourth-order valence-corrected chi connectivity index (χ4v) is 2.36. The second-order valence-corrected chi connectivity index (χ2v) is 5.09. The molecular weight excluding hydrogens is 242 g/mol. The molecule has 0 fully saturated rings.